The third-order valence-electron chi connectivity index (χ3n) is 1.04. The maximum Gasteiger partial charge on any atom is 0.102 e. The first-order chi connectivity index (χ1) is 4.13. The topological polar surface area (TPSA) is 0 Å². The van der Waals surface area contributed by atoms with Crippen LogP contribution in [0.2, 0.25) is 0 Å². The van der Waals surface area contributed by atoms with Gasteiger partial charge in [0, 0.05) is 0 Å². The Morgan fingerprint density at radius 2 is 2.00 bits per heavy atom. The van der Waals surface area contributed by atoms with Crippen LogP contribution in [0.15, 0.2) is 10.6 Å². The normalized spacial score (nSPS) is 9.89. The van der Waals surface area contributed by atoms with E-state index in [0.717, 1.165) is 18.8 Å². The van der Waals surface area contributed by atoms with Gasteiger partial charge < -0.3 is 0 Å². The maximum atomic E-state index is 5.39. The van der Waals surface area contributed by atoms with Crippen LogP contribution in [0.3, 0.4) is 0 Å². The van der Waals surface area contributed by atoms with Crippen molar-refractivity contribution < 1.29 is 0 Å². The number of hydrogen-bond donors (Lipinski definition) is 0. The highest BCUT2D eigenvalue weighted by molar-refractivity contribution is 6.55. The van der Waals surface area contributed by atoms with Gasteiger partial charge in [0.1, 0.15) is 4.49 Å². The van der Waals surface area contributed by atoms with Crippen LogP contribution in [0.4, 0.5) is 0 Å². The van der Waals surface area contributed by atoms with Crippen molar-refractivity contribution in [3.63, 3.8) is 0 Å². The first-order valence-electron chi connectivity index (χ1n) is 3.14. The highest BCUT2D eigenvalue weighted by Gasteiger charge is 1.90. The van der Waals surface area contributed by atoms with Gasteiger partial charge in [0.25, 0.3) is 0 Å². The van der Waals surface area contributed by atoms with E-state index >= 15 is 0 Å². The fourth-order valence-electron chi connectivity index (χ4n) is 0.526. The molecule has 2 heteroatoms. The Labute approximate surface area is 66.8 Å². The zero-order valence-electron chi connectivity index (χ0n) is 5.82. The van der Waals surface area contributed by atoms with E-state index in [0.29, 0.717) is 4.49 Å². The Kier molecular flexibility index (Phi) is 5.31. The van der Waals surface area contributed by atoms with E-state index in [2.05, 4.69) is 13.8 Å². The van der Waals surface area contributed by atoms with Crippen molar-refractivity contribution in [3.8, 4) is 0 Å². The van der Waals surface area contributed by atoms with E-state index < -0.39 is 0 Å². The molecule has 0 fully saturated rings. The first-order valence-corrected chi connectivity index (χ1v) is 3.89. The molecule has 9 heavy (non-hydrogen) atoms. The quantitative estimate of drug-likeness (QED) is 0.600. The van der Waals surface area contributed by atoms with Crippen molar-refractivity contribution in [2.75, 3.05) is 0 Å². The van der Waals surface area contributed by atoms with Crippen LogP contribution in [0.1, 0.15) is 26.7 Å². The van der Waals surface area contributed by atoms with Gasteiger partial charge in [-0.05, 0) is 18.8 Å². The van der Waals surface area contributed by atoms with Crippen molar-refractivity contribution >= 4 is 23.2 Å². The van der Waals surface area contributed by atoms with Gasteiger partial charge in [-0.1, -0.05) is 43.1 Å². The standard InChI is InChI=1S/C7H12Cl2/c1-6(2)4-3-5-7(8)9/h5-6H,3-4H2,1-2H3. The molecule has 0 bridgehead atoms. The summed E-state index contributed by atoms with van der Waals surface area (Å²) in [5.74, 6) is 0.730. The number of allylic oxidation sites excluding steroid dienone is 1. The molecule has 0 aliphatic carbocycles. The maximum absolute atomic E-state index is 5.39. The molecule has 0 amide bonds. The van der Waals surface area contributed by atoms with Crippen molar-refractivity contribution in [2.45, 2.75) is 26.7 Å². The minimum absolute atomic E-state index is 0.385. The molecule has 0 aliphatic heterocycles. The number of rotatable bonds is 3. The minimum atomic E-state index is 0.385. The first kappa shape index (κ1) is 9.32. The number of halogens is 2. The summed E-state index contributed by atoms with van der Waals surface area (Å²) in [5, 5.41) is 0. The van der Waals surface area contributed by atoms with Crippen LogP contribution in [-0.2, 0) is 0 Å². The molecule has 0 heterocycles. The summed E-state index contributed by atoms with van der Waals surface area (Å²) in [7, 11) is 0. The lowest BCUT2D eigenvalue weighted by molar-refractivity contribution is 0.594. The molecule has 0 unspecified atom stereocenters. The molecule has 0 N–H and O–H groups in total. The Morgan fingerprint density at radius 3 is 2.33 bits per heavy atom. The molecule has 54 valence electrons. The highest BCUT2D eigenvalue weighted by Crippen LogP contribution is 2.11. The van der Waals surface area contributed by atoms with E-state index in [-0.39, 0.29) is 0 Å². The van der Waals surface area contributed by atoms with E-state index in [4.69, 9.17) is 23.2 Å². The molecular formula is C7H12Cl2. The fraction of sp³-hybridized carbons (Fsp3) is 0.714. The summed E-state index contributed by atoms with van der Waals surface area (Å²) >= 11 is 10.8. The van der Waals surface area contributed by atoms with E-state index in [1.807, 2.05) is 6.08 Å². The summed E-state index contributed by atoms with van der Waals surface area (Å²) in [4.78, 5) is 0. The molecule has 0 aromatic carbocycles. The van der Waals surface area contributed by atoms with Crippen LogP contribution in [0, 0.1) is 5.92 Å². The van der Waals surface area contributed by atoms with Gasteiger partial charge in [0.15, 0.2) is 0 Å². The molecule has 0 spiro atoms. The summed E-state index contributed by atoms with van der Waals surface area (Å²) in [5.41, 5.74) is 0. The van der Waals surface area contributed by atoms with Crippen molar-refractivity contribution in [2.24, 2.45) is 5.92 Å². The van der Waals surface area contributed by atoms with E-state index in [9.17, 15) is 0 Å². The molecule has 0 nitrogen and oxygen atoms in total. The molecule has 0 atom stereocenters. The molecule has 0 saturated heterocycles. The Hall–Kier alpha value is 0.320. The largest absolute Gasteiger partial charge is 0.102 e. The summed E-state index contributed by atoms with van der Waals surface area (Å²) in [6.07, 6.45) is 3.98. The monoisotopic (exact) mass is 166 g/mol. The van der Waals surface area contributed by atoms with Gasteiger partial charge in [-0.2, -0.15) is 0 Å². The van der Waals surface area contributed by atoms with Crippen LogP contribution < -0.4 is 0 Å². The lowest BCUT2D eigenvalue weighted by Crippen LogP contribution is -1.83. The van der Waals surface area contributed by atoms with Crippen molar-refractivity contribution in [3.05, 3.63) is 10.6 Å². The number of hydrogen-bond acceptors (Lipinski definition) is 0. The third-order valence-corrected chi connectivity index (χ3v) is 1.35. The lowest BCUT2D eigenvalue weighted by Gasteiger charge is -1.98. The second kappa shape index (κ2) is 5.13. The van der Waals surface area contributed by atoms with Gasteiger partial charge in [0.2, 0.25) is 0 Å². The molecule has 0 saturated carbocycles. The fourth-order valence-corrected chi connectivity index (χ4v) is 0.744. The smallest absolute Gasteiger partial charge is 0.0713 e. The third kappa shape index (κ3) is 8.32. The SMILES string of the molecule is CC(C)CCC=C(Cl)Cl. The van der Waals surface area contributed by atoms with Crippen LogP contribution in [0.25, 0.3) is 0 Å². The van der Waals surface area contributed by atoms with Gasteiger partial charge in [-0.15, -0.1) is 0 Å². The summed E-state index contributed by atoms with van der Waals surface area (Å²) in [6.45, 7) is 4.35. The zero-order chi connectivity index (χ0) is 7.28. The second-order valence-electron chi connectivity index (χ2n) is 2.46. The summed E-state index contributed by atoms with van der Waals surface area (Å²) in [6, 6.07) is 0. The van der Waals surface area contributed by atoms with Crippen LogP contribution in [-0.4, -0.2) is 0 Å². The molecule has 0 aromatic heterocycles. The zero-order valence-corrected chi connectivity index (χ0v) is 7.34. The van der Waals surface area contributed by atoms with Crippen molar-refractivity contribution in [1.82, 2.24) is 0 Å². The Morgan fingerprint density at radius 1 is 1.44 bits per heavy atom. The molecule has 0 rings (SSSR count). The van der Waals surface area contributed by atoms with E-state index in [1.165, 1.54) is 0 Å². The molecule has 0 aromatic rings. The van der Waals surface area contributed by atoms with Gasteiger partial charge in [-0.25, -0.2) is 0 Å². The average molecular weight is 167 g/mol. The second-order valence-corrected chi connectivity index (χ2v) is 3.47. The van der Waals surface area contributed by atoms with Gasteiger partial charge in [0.05, 0.1) is 0 Å². The summed E-state index contributed by atoms with van der Waals surface area (Å²) < 4.78 is 0.385. The van der Waals surface area contributed by atoms with E-state index in [1.54, 1.807) is 0 Å². The van der Waals surface area contributed by atoms with Crippen LogP contribution >= 0.6 is 23.2 Å². The van der Waals surface area contributed by atoms with Crippen molar-refractivity contribution in [1.29, 1.82) is 0 Å². The molecule has 0 radical (unpaired) electrons. The molecular weight excluding hydrogens is 155 g/mol. The molecule has 0 aliphatic rings. The van der Waals surface area contributed by atoms with Gasteiger partial charge in [-0.3, -0.25) is 0 Å². The van der Waals surface area contributed by atoms with Crippen LogP contribution in [0.5, 0.6) is 0 Å². The average Bonchev–Trinajstić information content (AvgIpc) is 1.63. The highest BCUT2D eigenvalue weighted by atomic mass is 35.5. The minimum Gasteiger partial charge on any atom is -0.0713 e. The predicted octanol–water partition coefficient (Wildman–Crippen LogP) is 3.74. The Bertz CT molecular complexity index is 91.1. The van der Waals surface area contributed by atoms with Gasteiger partial charge >= 0.3 is 0 Å². The lowest BCUT2D eigenvalue weighted by atomic mass is 10.1. The Balaban J connectivity index is 3.20. The predicted molar refractivity (Wildman–Crippen MR) is 43.9 cm³/mol.